The summed E-state index contributed by atoms with van der Waals surface area (Å²) in [6.45, 7) is 8.28. The Morgan fingerprint density at radius 2 is 1.70 bits per heavy atom. The molecule has 2 heterocycles. The highest BCUT2D eigenvalue weighted by molar-refractivity contribution is 9.10. The van der Waals surface area contributed by atoms with E-state index >= 15 is 0 Å². The molecule has 4 nitrogen and oxygen atoms in total. The monoisotopic (exact) mass is 465 g/mol. The van der Waals surface area contributed by atoms with Crippen LogP contribution in [0.2, 0.25) is 0 Å². The number of carbonyl (C=O) groups excluding carboxylic acids is 1. The first kappa shape index (κ1) is 20.7. The number of nitrogens with one attached hydrogen (secondary N) is 1. The van der Waals surface area contributed by atoms with Crippen LogP contribution in [0.15, 0.2) is 71.3 Å². The van der Waals surface area contributed by atoms with Crippen LogP contribution < -0.4 is 5.32 Å². The zero-order chi connectivity index (χ0) is 21.3. The molecule has 3 aromatic rings. The molecule has 1 N–H and O–H groups in total. The lowest BCUT2D eigenvalue weighted by molar-refractivity contribution is 0.199. The summed E-state index contributed by atoms with van der Waals surface area (Å²) in [4.78, 5) is 15.3. The Kier molecular flexibility index (Phi) is 5.74. The second-order valence-electron chi connectivity index (χ2n) is 8.88. The van der Waals surface area contributed by atoms with E-state index in [0.717, 1.165) is 34.4 Å². The lowest BCUT2D eigenvalue weighted by Crippen LogP contribution is -2.38. The normalized spacial score (nSPS) is 16.7. The van der Waals surface area contributed by atoms with Gasteiger partial charge in [0.25, 0.3) is 0 Å². The number of carbonyl (C=O) groups is 1. The van der Waals surface area contributed by atoms with Crippen LogP contribution in [0.3, 0.4) is 0 Å². The highest BCUT2D eigenvalue weighted by atomic mass is 79.9. The number of urea groups is 1. The highest BCUT2D eigenvalue weighted by Crippen LogP contribution is 2.34. The van der Waals surface area contributed by atoms with Gasteiger partial charge < -0.3 is 14.8 Å². The average molecular weight is 466 g/mol. The third-order valence-corrected chi connectivity index (χ3v) is 6.23. The van der Waals surface area contributed by atoms with Crippen LogP contribution in [0.25, 0.3) is 0 Å². The van der Waals surface area contributed by atoms with Crippen molar-refractivity contribution in [2.75, 3.05) is 11.9 Å². The Bertz CT molecular complexity index is 1020. The molecule has 2 aromatic carbocycles. The van der Waals surface area contributed by atoms with Crippen molar-refractivity contribution in [1.29, 1.82) is 0 Å². The molecule has 1 aromatic heterocycles. The topological polar surface area (TPSA) is 37.3 Å². The summed E-state index contributed by atoms with van der Waals surface area (Å²) in [5.41, 5.74) is 4.48. The molecule has 0 bridgehead atoms. The molecule has 2 amide bonds. The van der Waals surface area contributed by atoms with Gasteiger partial charge in [0.2, 0.25) is 0 Å². The van der Waals surface area contributed by atoms with E-state index in [0.29, 0.717) is 6.54 Å². The number of anilines is 1. The summed E-state index contributed by atoms with van der Waals surface area (Å²) in [6, 6.07) is 20.4. The summed E-state index contributed by atoms with van der Waals surface area (Å²) in [6.07, 6.45) is 3.04. The van der Waals surface area contributed by atoms with Crippen LogP contribution in [0.4, 0.5) is 10.5 Å². The van der Waals surface area contributed by atoms with Gasteiger partial charge in [0.15, 0.2) is 0 Å². The minimum absolute atomic E-state index is 0.0723. The summed E-state index contributed by atoms with van der Waals surface area (Å²) < 4.78 is 3.26. The number of amides is 2. The van der Waals surface area contributed by atoms with E-state index < -0.39 is 0 Å². The third kappa shape index (κ3) is 4.31. The number of halogens is 1. The highest BCUT2D eigenvalue weighted by Gasteiger charge is 2.31. The Morgan fingerprint density at radius 1 is 1.00 bits per heavy atom. The summed E-state index contributed by atoms with van der Waals surface area (Å²) in [5, 5.41) is 3.08. The number of rotatable bonds is 2. The van der Waals surface area contributed by atoms with Gasteiger partial charge >= 0.3 is 6.03 Å². The molecule has 0 saturated carbocycles. The number of nitrogens with zero attached hydrogens (tertiary/aromatic N) is 2. The maximum absolute atomic E-state index is 13.3. The molecular weight excluding hydrogens is 438 g/mol. The lowest BCUT2D eigenvalue weighted by Gasteiger charge is -2.31. The van der Waals surface area contributed by atoms with Crippen LogP contribution in [0, 0.1) is 0 Å². The largest absolute Gasteiger partial charge is 0.349 e. The van der Waals surface area contributed by atoms with Crippen molar-refractivity contribution in [3.8, 4) is 0 Å². The number of aryl methyl sites for hydroxylation is 1. The standard InChI is InChI=1S/C25H28BrN3O/c1-25(2,3)19-9-7-18(8-10-19)23-22-6-4-15-28(22)16-5-17-29(23)24(30)27-21-13-11-20(26)12-14-21/h4,6-15,23H,5,16-17H2,1-3H3,(H,27,30). The van der Waals surface area contributed by atoms with Crippen LogP contribution in [0.5, 0.6) is 0 Å². The van der Waals surface area contributed by atoms with Gasteiger partial charge in [-0.2, -0.15) is 0 Å². The van der Waals surface area contributed by atoms with Gasteiger partial charge in [-0.1, -0.05) is 61.0 Å². The van der Waals surface area contributed by atoms with E-state index in [-0.39, 0.29) is 17.5 Å². The van der Waals surface area contributed by atoms with Gasteiger partial charge in [-0.25, -0.2) is 4.79 Å². The molecule has 1 aliphatic heterocycles. The molecule has 0 radical (unpaired) electrons. The molecule has 1 atom stereocenters. The number of hydrogen-bond acceptors (Lipinski definition) is 1. The first-order chi connectivity index (χ1) is 14.3. The van der Waals surface area contributed by atoms with Crippen molar-refractivity contribution >= 4 is 27.6 Å². The summed E-state index contributed by atoms with van der Waals surface area (Å²) in [7, 11) is 0. The SMILES string of the molecule is CC(C)(C)c1ccc(C2c3cccn3CCCN2C(=O)Nc2ccc(Br)cc2)cc1. The van der Waals surface area contributed by atoms with E-state index in [1.807, 2.05) is 29.2 Å². The number of aromatic nitrogens is 1. The van der Waals surface area contributed by atoms with Crippen LogP contribution >= 0.6 is 15.9 Å². The van der Waals surface area contributed by atoms with E-state index in [1.165, 1.54) is 5.56 Å². The molecule has 4 rings (SSSR count). The van der Waals surface area contributed by atoms with Crippen molar-refractivity contribution < 1.29 is 4.79 Å². The van der Waals surface area contributed by atoms with Crippen molar-refractivity contribution in [2.45, 2.75) is 45.2 Å². The summed E-state index contributed by atoms with van der Waals surface area (Å²) in [5.74, 6) is 0. The Balaban J connectivity index is 1.69. The number of benzene rings is 2. The fourth-order valence-electron chi connectivity index (χ4n) is 4.04. The molecular formula is C25H28BrN3O. The molecule has 0 fully saturated rings. The Morgan fingerprint density at radius 3 is 2.37 bits per heavy atom. The number of fused-ring (bicyclic) bond motifs is 1. The molecule has 1 unspecified atom stereocenters. The quantitative estimate of drug-likeness (QED) is 0.456. The fourth-order valence-corrected chi connectivity index (χ4v) is 4.31. The molecule has 0 aliphatic carbocycles. The molecule has 30 heavy (non-hydrogen) atoms. The molecule has 1 aliphatic rings. The third-order valence-electron chi connectivity index (χ3n) is 5.70. The number of hydrogen-bond donors (Lipinski definition) is 1. The molecule has 5 heteroatoms. The van der Waals surface area contributed by atoms with Crippen molar-refractivity contribution in [2.24, 2.45) is 0 Å². The van der Waals surface area contributed by atoms with Crippen LogP contribution in [0.1, 0.15) is 50.1 Å². The molecule has 0 saturated heterocycles. The Hall–Kier alpha value is -2.53. The van der Waals surface area contributed by atoms with Gasteiger partial charge in [0, 0.05) is 35.1 Å². The Labute approximate surface area is 187 Å². The van der Waals surface area contributed by atoms with Gasteiger partial charge in [0.1, 0.15) is 0 Å². The maximum atomic E-state index is 13.3. The zero-order valence-corrected chi connectivity index (χ0v) is 19.3. The maximum Gasteiger partial charge on any atom is 0.322 e. The second-order valence-corrected chi connectivity index (χ2v) is 9.80. The minimum atomic E-state index is -0.119. The smallest absolute Gasteiger partial charge is 0.322 e. The first-order valence-electron chi connectivity index (χ1n) is 10.4. The molecule has 156 valence electrons. The van der Waals surface area contributed by atoms with Gasteiger partial charge in [-0.05, 0) is 59.4 Å². The fraction of sp³-hybridized carbons (Fsp3) is 0.320. The van der Waals surface area contributed by atoms with E-state index in [4.69, 9.17) is 0 Å². The average Bonchev–Trinajstić information content (AvgIpc) is 3.09. The minimum Gasteiger partial charge on any atom is -0.349 e. The van der Waals surface area contributed by atoms with Gasteiger partial charge in [-0.15, -0.1) is 0 Å². The van der Waals surface area contributed by atoms with E-state index in [1.54, 1.807) is 0 Å². The predicted octanol–water partition coefficient (Wildman–Crippen LogP) is 6.58. The van der Waals surface area contributed by atoms with Crippen LogP contribution in [-0.4, -0.2) is 22.0 Å². The zero-order valence-electron chi connectivity index (χ0n) is 17.7. The van der Waals surface area contributed by atoms with Crippen LogP contribution in [-0.2, 0) is 12.0 Å². The van der Waals surface area contributed by atoms with Crippen molar-refractivity contribution in [3.63, 3.8) is 0 Å². The molecule has 0 spiro atoms. The van der Waals surface area contributed by atoms with Gasteiger partial charge in [0.05, 0.1) is 6.04 Å². The van der Waals surface area contributed by atoms with Crippen molar-refractivity contribution in [3.05, 3.63) is 88.2 Å². The first-order valence-corrected chi connectivity index (χ1v) is 11.2. The van der Waals surface area contributed by atoms with E-state index in [9.17, 15) is 4.79 Å². The van der Waals surface area contributed by atoms with E-state index in [2.05, 4.69) is 89.2 Å². The predicted molar refractivity (Wildman–Crippen MR) is 126 cm³/mol. The lowest BCUT2D eigenvalue weighted by atomic mass is 9.86. The second kappa shape index (κ2) is 8.31. The van der Waals surface area contributed by atoms with Crippen molar-refractivity contribution in [1.82, 2.24) is 9.47 Å². The van der Waals surface area contributed by atoms with Gasteiger partial charge in [-0.3, -0.25) is 0 Å². The summed E-state index contributed by atoms with van der Waals surface area (Å²) >= 11 is 3.45.